The van der Waals surface area contributed by atoms with Crippen LogP contribution in [-0.4, -0.2) is 34.6 Å². The van der Waals surface area contributed by atoms with Gasteiger partial charge in [0, 0.05) is 24.3 Å². The van der Waals surface area contributed by atoms with E-state index in [1.54, 1.807) is 0 Å². The molecular weight excluding hydrogens is 282 g/mol. The number of hydrogen-bond donors (Lipinski definition) is 1. The molecule has 2 aliphatic heterocycles. The molecule has 1 amide bonds. The molecule has 118 valence electrons. The summed E-state index contributed by atoms with van der Waals surface area (Å²) in [5, 5.41) is 4.18. The van der Waals surface area contributed by atoms with E-state index >= 15 is 0 Å². The highest BCUT2D eigenvalue weighted by Crippen LogP contribution is 2.36. The normalized spacial score (nSPS) is 19.5. The molecule has 0 saturated carbocycles. The predicted molar refractivity (Wildman–Crippen MR) is 90.2 cm³/mol. The number of nitrogens with one attached hydrogen (secondary N) is 1. The van der Waals surface area contributed by atoms with Crippen LogP contribution in [0.1, 0.15) is 54.4 Å². The Morgan fingerprint density at radius 2 is 2.00 bits per heavy atom. The monoisotopic (exact) mass is 309 g/mol. The highest BCUT2D eigenvalue weighted by molar-refractivity contribution is 8.18. The van der Waals surface area contributed by atoms with E-state index in [1.807, 2.05) is 6.92 Å². The average Bonchev–Trinajstić information content (AvgIpc) is 2.64. The van der Waals surface area contributed by atoms with Gasteiger partial charge in [-0.3, -0.25) is 9.79 Å². The van der Waals surface area contributed by atoms with Crippen LogP contribution in [0.25, 0.3) is 0 Å². The first kappa shape index (κ1) is 16.4. The fraction of sp³-hybridized carbons (Fsp3) is 0.750. The van der Waals surface area contributed by atoms with Crippen LogP contribution in [0.15, 0.2) is 15.6 Å². The lowest BCUT2D eigenvalue weighted by atomic mass is 9.82. The van der Waals surface area contributed by atoms with E-state index in [4.69, 9.17) is 0 Å². The molecule has 0 radical (unpaired) electrons. The summed E-state index contributed by atoms with van der Waals surface area (Å²) in [4.78, 5) is 20.1. The van der Waals surface area contributed by atoms with Gasteiger partial charge in [-0.2, -0.15) is 0 Å². The fourth-order valence-corrected chi connectivity index (χ4v) is 4.29. The second kappa shape index (κ2) is 5.67. The van der Waals surface area contributed by atoms with Gasteiger partial charge in [0.25, 0.3) is 5.91 Å². The van der Waals surface area contributed by atoms with Gasteiger partial charge in [-0.25, -0.2) is 0 Å². The van der Waals surface area contributed by atoms with Crippen LogP contribution in [-0.2, 0) is 4.79 Å². The maximum atomic E-state index is 12.6. The molecule has 21 heavy (non-hydrogen) atoms. The maximum Gasteiger partial charge on any atom is 0.260 e. The van der Waals surface area contributed by atoms with E-state index in [9.17, 15) is 4.79 Å². The molecule has 2 heterocycles. The van der Waals surface area contributed by atoms with Gasteiger partial charge in [-0.1, -0.05) is 20.8 Å². The van der Waals surface area contributed by atoms with Gasteiger partial charge in [0.1, 0.15) is 0 Å². The number of carbonyl (C=O) groups is 1. The number of nitrogens with zero attached hydrogens (tertiary/aromatic N) is 2. The van der Waals surface area contributed by atoms with Crippen molar-refractivity contribution in [2.75, 3.05) is 13.1 Å². The molecule has 0 aromatic heterocycles. The average molecular weight is 309 g/mol. The largest absolute Gasteiger partial charge is 0.347 e. The number of fused-ring (bicyclic) bond motifs is 1. The lowest BCUT2D eigenvalue weighted by molar-refractivity contribution is -0.118. The van der Waals surface area contributed by atoms with Crippen molar-refractivity contribution in [1.29, 1.82) is 0 Å². The lowest BCUT2D eigenvalue weighted by Crippen LogP contribution is -2.46. The Labute approximate surface area is 132 Å². The Balaban J connectivity index is 2.09. The number of allylic oxidation sites excluding steroid dienone is 1. The van der Waals surface area contributed by atoms with Crippen molar-refractivity contribution >= 4 is 22.8 Å². The summed E-state index contributed by atoms with van der Waals surface area (Å²) in [6, 6.07) is 0. The number of hydrogen-bond acceptors (Lipinski definition) is 4. The number of amides is 1. The summed E-state index contributed by atoms with van der Waals surface area (Å²) < 4.78 is 0. The van der Waals surface area contributed by atoms with Gasteiger partial charge >= 0.3 is 0 Å². The van der Waals surface area contributed by atoms with Gasteiger partial charge in [-0.15, -0.1) is 0 Å². The minimum absolute atomic E-state index is 0.0313. The first-order chi connectivity index (χ1) is 9.59. The number of aliphatic imine (C=N–C) groups is 1. The third-order valence-corrected chi connectivity index (χ3v) is 4.79. The third kappa shape index (κ3) is 4.02. The predicted octanol–water partition coefficient (Wildman–Crippen LogP) is 3.36. The van der Waals surface area contributed by atoms with E-state index in [-0.39, 0.29) is 16.9 Å². The second-order valence-electron chi connectivity index (χ2n) is 7.76. The Morgan fingerprint density at radius 1 is 1.33 bits per heavy atom. The fourth-order valence-electron chi connectivity index (χ4n) is 3.22. The summed E-state index contributed by atoms with van der Waals surface area (Å²) in [5.41, 5.74) is 1.01. The molecule has 0 aromatic carbocycles. The minimum Gasteiger partial charge on any atom is -0.347 e. The summed E-state index contributed by atoms with van der Waals surface area (Å²) in [5.74, 6) is 0.0313. The van der Waals surface area contributed by atoms with Gasteiger partial charge < -0.3 is 10.2 Å². The quantitative estimate of drug-likeness (QED) is 0.869. The molecule has 0 fully saturated rings. The Bertz CT molecular complexity index is 500. The zero-order valence-electron chi connectivity index (χ0n) is 14.0. The highest BCUT2D eigenvalue weighted by Gasteiger charge is 2.34. The molecule has 1 N–H and O–H groups in total. The van der Waals surface area contributed by atoms with Crippen molar-refractivity contribution in [2.24, 2.45) is 10.4 Å². The summed E-state index contributed by atoms with van der Waals surface area (Å²) >= 11 is 1.51. The number of thioether (sulfide) groups is 1. The van der Waals surface area contributed by atoms with Crippen molar-refractivity contribution in [3.05, 3.63) is 10.6 Å². The highest BCUT2D eigenvalue weighted by atomic mass is 32.2. The van der Waals surface area contributed by atoms with E-state index in [2.05, 4.69) is 49.8 Å². The van der Waals surface area contributed by atoms with Crippen LogP contribution >= 0.6 is 11.8 Å². The molecule has 0 saturated heterocycles. The van der Waals surface area contributed by atoms with Gasteiger partial charge in [0.2, 0.25) is 0 Å². The number of carbonyl (C=O) groups excluding carboxylic acids is 1. The Kier molecular flexibility index (Phi) is 4.43. The second-order valence-corrected chi connectivity index (χ2v) is 8.74. The topological polar surface area (TPSA) is 44.7 Å². The summed E-state index contributed by atoms with van der Waals surface area (Å²) in [6.45, 7) is 14.6. The number of rotatable bonds is 3. The third-order valence-electron chi connectivity index (χ3n) is 3.58. The molecule has 4 nitrogen and oxygen atoms in total. The molecule has 0 spiro atoms. The SMILES string of the molecule is CC1=C(C(=O)NC(C)(C)CC(C)(C)C)SC2=NCCCN21. The van der Waals surface area contributed by atoms with Gasteiger partial charge in [0.15, 0.2) is 5.17 Å². The van der Waals surface area contributed by atoms with E-state index in [1.165, 1.54) is 11.8 Å². The first-order valence-corrected chi connectivity index (χ1v) is 8.44. The van der Waals surface area contributed by atoms with Crippen molar-refractivity contribution in [1.82, 2.24) is 10.2 Å². The Morgan fingerprint density at radius 3 is 2.57 bits per heavy atom. The zero-order chi connectivity index (χ0) is 15.8. The Hall–Kier alpha value is -0.970. The van der Waals surface area contributed by atoms with Crippen molar-refractivity contribution < 1.29 is 4.79 Å². The van der Waals surface area contributed by atoms with Crippen LogP contribution in [0, 0.1) is 5.41 Å². The van der Waals surface area contributed by atoms with Crippen molar-refractivity contribution in [3.63, 3.8) is 0 Å². The number of amidine groups is 1. The molecule has 0 atom stereocenters. The first-order valence-electron chi connectivity index (χ1n) is 7.62. The molecule has 5 heteroatoms. The van der Waals surface area contributed by atoms with E-state index < -0.39 is 0 Å². The summed E-state index contributed by atoms with van der Waals surface area (Å²) in [6.07, 6.45) is 2.00. The molecule has 0 aliphatic carbocycles. The van der Waals surface area contributed by atoms with Crippen molar-refractivity contribution in [3.8, 4) is 0 Å². The van der Waals surface area contributed by atoms with E-state index in [0.29, 0.717) is 0 Å². The molecule has 0 unspecified atom stereocenters. The molecular formula is C16H27N3OS. The zero-order valence-corrected chi connectivity index (χ0v) is 14.9. The van der Waals surface area contributed by atoms with E-state index in [0.717, 1.165) is 41.7 Å². The molecule has 0 aromatic rings. The maximum absolute atomic E-state index is 12.6. The molecule has 2 aliphatic rings. The smallest absolute Gasteiger partial charge is 0.260 e. The standard InChI is InChI=1S/C16H27N3OS/c1-11-12(21-14-17-8-7-9-19(11)14)13(20)18-16(5,6)10-15(2,3)4/h7-10H2,1-6H3,(H,18,20). The van der Waals surface area contributed by atoms with Crippen LogP contribution in [0.2, 0.25) is 0 Å². The van der Waals surface area contributed by atoms with Crippen molar-refractivity contribution in [2.45, 2.75) is 59.9 Å². The molecule has 0 bridgehead atoms. The summed E-state index contributed by atoms with van der Waals surface area (Å²) in [7, 11) is 0. The van der Waals surface area contributed by atoms with Crippen LogP contribution < -0.4 is 5.32 Å². The minimum atomic E-state index is -0.214. The molecule has 2 rings (SSSR count). The van der Waals surface area contributed by atoms with Gasteiger partial charge in [0.05, 0.1) is 4.91 Å². The van der Waals surface area contributed by atoms with Crippen LogP contribution in [0.3, 0.4) is 0 Å². The van der Waals surface area contributed by atoms with Crippen LogP contribution in [0.5, 0.6) is 0 Å². The lowest BCUT2D eigenvalue weighted by Gasteiger charge is -2.33. The van der Waals surface area contributed by atoms with Crippen LogP contribution in [0.4, 0.5) is 0 Å². The van der Waals surface area contributed by atoms with Gasteiger partial charge in [-0.05, 0) is 50.8 Å².